The van der Waals surface area contributed by atoms with Crippen molar-refractivity contribution < 1.29 is 4.79 Å². The highest BCUT2D eigenvalue weighted by Crippen LogP contribution is 2.37. The topological polar surface area (TPSA) is 67.2 Å². The molecule has 2 rings (SSSR count). The Bertz CT molecular complexity index is 300. The van der Waals surface area contributed by atoms with E-state index in [9.17, 15) is 4.79 Å². The zero-order chi connectivity index (χ0) is 11.0. The molecule has 0 radical (unpaired) electrons. The van der Waals surface area contributed by atoms with Crippen LogP contribution in [0.5, 0.6) is 0 Å². The number of carbonyl (C=O) groups excluding carboxylic acids is 1. The molecule has 0 aromatic heterocycles. The first kappa shape index (κ1) is 10.5. The second kappa shape index (κ2) is 3.85. The van der Waals surface area contributed by atoms with Crippen LogP contribution in [-0.2, 0) is 4.79 Å². The summed E-state index contributed by atoms with van der Waals surface area (Å²) in [6.07, 6.45) is 4.00. The molecular weight excluding hydrogens is 190 g/mol. The minimum absolute atomic E-state index is 0.0240. The van der Waals surface area contributed by atoms with Gasteiger partial charge in [0, 0.05) is 36.8 Å². The fourth-order valence-corrected chi connectivity index (χ4v) is 2.81. The second-order valence-corrected chi connectivity index (χ2v) is 4.62. The number of rotatable bonds is 1. The molecular formula is C11H19N3O. The Labute approximate surface area is 90.3 Å². The maximum Gasteiger partial charge on any atom is 0.248 e. The Morgan fingerprint density at radius 2 is 2.33 bits per heavy atom. The summed E-state index contributed by atoms with van der Waals surface area (Å²) in [5.74, 6) is 0.845. The van der Waals surface area contributed by atoms with Crippen molar-refractivity contribution in [2.75, 3.05) is 7.05 Å². The van der Waals surface area contributed by atoms with Crippen LogP contribution < -0.4 is 16.4 Å². The highest BCUT2D eigenvalue weighted by Gasteiger charge is 2.42. The van der Waals surface area contributed by atoms with E-state index in [1.165, 1.54) is 0 Å². The average Bonchev–Trinajstić information content (AvgIpc) is 2.68. The summed E-state index contributed by atoms with van der Waals surface area (Å²) in [5.41, 5.74) is 6.92. The lowest BCUT2D eigenvalue weighted by atomic mass is 9.72. The molecule has 4 nitrogen and oxygen atoms in total. The Balaban J connectivity index is 2.20. The van der Waals surface area contributed by atoms with Gasteiger partial charge in [-0.05, 0) is 18.8 Å². The molecule has 1 heterocycles. The predicted octanol–water partition coefficient (Wildman–Crippen LogP) is -0.0385. The summed E-state index contributed by atoms with van der Waals surface area (Å²) in [5, 5.41) is 5.94. The molecule has 4 heteroatoms. The molecule has 1 aliphatic carbocycles. The van der Waals surface area contributed by atoms with Gasteiger partial charge in [-0.25, -0.2) is 0 Å². The summed E-state index contributed by atoms with van der Waals surface area (Å²) in [7, 11) is 1.67. The lowest BCUT2D eigenvalue weighted by molar-refractivity contribution is -0.117. The summed E-state index contributed by atoms with van der Waals surface area (Å²) >= 11 is 0. The van der Waals surface area contributed by atoms with Gasteiger partial charge in [-0.1, -0.05) is 6.92 Å². The van der Waals surface area contributed by atoms with Gasteiger partial charge in [0.25, 0.3) is 0 Å². The van der Waals surface area contributed by atoms with Crippen molar-refractivity contribution in [1.82, 2.24) is 10.6 Å². The lowest BCUT2D eigenvalue weighted by Crippen LogP contribution is -2.51. The van der Waals surface area contributed by atoms with Gasteiger partial charge < -0.3 is 16.4 Å². The number of carbonyl (C=O) groups is 1. The predicted molar refractivity (Wildman–Crippen MR) is 58.9 cm³/mol. The third-order valence-electron chi connectivity index (χ3n) is 3.70. The van der Waals surface area contributed by atoms with Gasteiger partial charge in [-0.15, -0.1) is 0 Å². The number of fused-ring (bicyclic) bond motifs is 1. The van der Waals surface area contributed by atoms with Crippen LogP contribution in [0.4, 0.5) is 0 Å². The number of hydrogen-bond donors (Lipinski definition) is 3. The smallest absolute Gasteiger partial charge is 0.248 e. The Morgan fingerprint density at radius 1 is 1.60 bits per heavy atom. The number of likely N-dealkylation sites (N-methyl/N-ethyl adjacent to an activating group) is 1. The van der Waals surface area contributed by atoms with Crippen LogP contribution >= 0.6 is 0 Å². The Hall–Kier alpha value is -1.03. The minimum atomic E-state index is 0.0240. The number of nitrogens with two attached hydrogens (primary N) is 1. The van der Waals surface area contributed by atoms with Crippen LogP contribution in [0.25, 0.3) is 0 Å². The normalized spacial score (nSPS) is 39.0. The molecule has 2 aliphatic rings. The van der Waals surface area contributed by atoms with E-state index in [-0.39, 0.29) is 23.9 Å². The van der Waals surface area contributed by atoms with E-state index in [0.717, 1.165) is 18.4 Å². The molecule has 1 fully saturated rings. The SMILES string of the molecule is CNC(=O)C1=CNC2C(N)CCC(C)C12. The molecule has 0 bridgehead atoms. The first-order chi connectivity index (χ1) is 7.15. The summed E-state index contributed by atoms with van der Waals surface area (Å²) < 4.78 is 0. The van der Waals surface area contributed by atoms with E-state index in [1.54, 1.807) is 7.05 Å². The quantitative estimate of drug-likeness (QED) is 0.568. The molecule has 0 saturated heterocycles. The van der Waals surface area contributed by atoms with Crippen LogP contribution in [-0.4, -0.2) is 25.0 Å². The van der Waals surface area contributed by atoms with Gasteiger partial charge in [0.1, 0.15) is 0 Å². The van der Waals surface area contributed by atoms with E-state index in [4.69, 9.17) is 5.73 Å². The summed E-state index contributed by atoms with van der Waals surface area (Å²) in [6, 6.07) is 0.422. The standard InChI is InChI=1S/C11H19N3O/c1-6-3-4-8(12)10-9(6)7(5-14-10)11(15)13-2/h5-6,8-10,14H,3-4,12H2,1-2H3,(H,13,15). The Kier molecular flexibility index (Phi) is 2.69. The van der Waals surface area contributed by atoms with Gasteiger partial charge in [0.05, 0.1) is 0 Å². The van der Waals surface area contributed by atoms with Gasteiger partial charge in [0.2, 0.25) is 5.91 Å². The maximum absolute atomic E-state index is 11.7. The van der Waals surface area contributed by atoms with Gasteiger partial charge >= 0.3 is 0 Å². The van der Waals surface area contributed by atoms with Crippen molar-refractivity contribution in [1.29, 1.82) is 0 Å². The minimum Gasteiger partial charge on any atom is -0.386 e. The fraction of sp³-hybridized carbons (Fsp3) is 0.727. The van der Waals surface area contributed by atoms with Gasteiger partial charge in [-0.2, -0.15) is 0 Å². The zero-order valence-corrected chi connectivity index (χ0v) is 9.29. The van der Waals surface area contributed by atoms with Crippen molar-refractivity contribution in [3.8, 4) is 0 Å². The third kappa shape index (κ3) is 1.63. The fourth-order valence-electron chi connectivity index (χ4n) is 2.81. The molecule has 4 N–H and O–H groups in total. The van der Waals surface area contributed by atoms with Crippen molar-refractivity contribution >= 4 is 5.91 Å². The van der Waals surface area contributed by atoms with E-state index in [0.29, 0.717) is 5.92 Å². The molecule has 4 unspecified atom stereocenters. The average molecular weight is 209 g/mol. The van der Waals surface area contributed by atoms with E-state index in [1.807, 2.05) is 6.20 Å². The molecule has 0 spiro atoms. The molecule has 84 valence electrons. The largest absolute Gasteiger partial charge is 0.386 e. The molecule has 0 aromatic carbocycles. The van der Waals surface area contributed by atoms with Crippen molar-refractivity contribution in [3.63, 3.8) is 0 Å². The van der Waals surface area contributed by atoms with Crippen LogP contribution in [0.1, 0.15) is 19.8 Å². The summed E-state index contributed by atoms with van der Waals surface area (Å²) in [6.45, 7) is 2.20. The highest BCUT2D eigenvalue weighted by atomic mass is 16.1. The van der Waals surface area contributed by atoms with Crippen molar-refractivity contribution in [3.05, 3.63) is 11.8 Å². The highest BCUT2D eigenvalue weighted by molar-refractivity contribution is 5.94. The van der Waals surface area contributed by atoms with Crippen LogP contribution in [0.2, 0.25) is 0 Å². The number of nitrogens with one attached hydrogen (secondary N) is 2. The molecule has 1 aliphatic heterocycles. The van der Waals surface area contributed by atoms with Crippen LogP contribution in [0.3, 0.4) is 0 Å². The van der Waals surface area contributed by atoms with Crippen LogP contribution in [0, 0.1) is 11.8 Å². The first-order valence-electron chi connectivity index (χ1n) is 5.59. The molecule has 0 aromatic rings. The molecule has 4 atom stereocenters. The number of amides is 1. The molecule has 1 amide bonds. The van der Waals surface area contributed by atoms with Crippen molar-refractivity contribution in [2.24, 2.45) is 17.6 Å². The maximum atomic E-state index is 11.7. The summed E-state index contributed by atoms with van der Waals surface area (Å²) in [4.78, 5) is 11.7. The van der Waals surface area contributed by atoms with E-state index >= 15 is 0 Å². The van der Waals surface area contributed by atoms with E-state index < -0.39 is 0 Å². The second-order valence-electron chi connectivity index (χ2n) is 4.62. The third-order valence-corrected chi connectivity index (χ3v) is 3.70. The van der Waals surface area contributed by atoms with Gasteiger partial charge in [0.15, 0.2) is 0 Å². The zero-order valence-electron chi connectivity index (χ0n) is 9.29. The van der Waals surface area contributed by atoms with Gasteiger partial charge in [-0.3, -0.25) is 4.79 Å². The Morgan fingerprint density at radius 3 is 3.00 bits per heavy atom. The monoisotopic (exact) mass is 209 g/mol. The van der Waals surface area contributed by atoms with Crippen LogP contribution in [0.15, 0.2) is 11.8 Å². The van der Waals surface area contributed by atoms with E-state index in [2.05, 4.69) is 17.6 Å². The van der Waals surface area contributed by atoms with Crippen molar-refractivity contribution in [2.45, 2.75) is 31.8 Å². The number of hydrogen-bond acceptors (Lipinski definition) is 3. The lowest BCUT2D eigenvalue weighted by Gasteiger charge is -2.37. The molecule has 1 saturated carbocycles. The first-order valence-corrected chi connectivity index (χ1v) is 5.59. The molecule has 15 heavy (non-hydrogen) atoms.